The number of benzene rings is 3. The first-order valence-electron chi connectivity index (χ1n) is 13.2. The van der Waals surface area contributed by atoms with Crippen molar-refractivity contribution in [3.05, 3.63) is 107 Å². The van der Waals surface area contributed by atoms with E-state index in [0.29, 0.717) is 10.8 Å². The van der Waals surface area contributed by atoms with E-state index in [1.54, 1.807) is 18.2 Å². The highest BCUT2D eigenvalue weighted by atomic mass is 35.5. The zero-order valence-electron chi connectivity index (χ0n) is 22.0. The molecule has 1 unspecified atom stereocenters. The summed E-state index contributed by atoms with van der Waals surface area (Å²) in [7, 11) is 0. The zero-order valence-corrected chi connectivity index (χ0v) is 22.8. The Labute approximate surface area is 229 Å². The smallest absolute Gasteiger partial charge is 0.164 e. The number of hydrogen-bond acceptors (Lipinski definition) is 3. The summed E-state index contributed by atoms with van der Waals surface area (Å²) in [6.07, 6.45) is 5.17. The second-order valence-electron chi connectivity index (χ2n) is 9.32. The van der Waals surface area contributed by atoms with Crippen LogP contribution in [0.3, 0.4) is 0 Å². The van der Waals surface area contributed by atoms with E-state index in [0.717, 1.165) is 66.8 Å². The van der Waals surface area contributed by atoms with Gasteiger partial charge in [0, 0.05) is 28.8 Å². The van der Waals surface area contributed by atoms with Crippen molar-refractivity contribution in [1.82, 2.24) is 4.98 Å². The Kier molecular flexibility index (Phi) is 9.85. The van der Waals surface area contributed by atoms with Gasteiger partial charge in [0.15, 0.2) is 6.10 Å². The van der Waals surface area contributed by atoms with Crippen LogP contribution in [0.5, 0.6) is 11.5 Å². The summed E-state index contributed by atoms with van der Waals surface area (Å²) >= 11 is 6.34. The number of fused-ring (bicyclic) bond motifs is 1. The Balaban J connectivity index is 0.00000107. The van der Waals surface area contributed by atoms with Crippen LogP contribution in [-0.2, 0) is 11.2 Å². The summed E-state index contributed by atoms with van der Waals surface area (Å²) < 4.78 is 31.6. The topological polar surface area (TPSA) is 43.5 Å². The van der Waals surface area contributed by atoms with Crippen LogP contribution < -0.4 is 9.47 Å². The van der Waals surface area contributed by atoms with E-state index in [9.17, 15) is 4.39 Å². The molecule has 4 aromatic rings. The van der Waals surface area contributed by atoms with E-state index < -0.39 is 6.10 Å². The number of aryl methyl sites for hydroxylation is 1. The number of allylic oxidation sites excluding steroid dienone is 1. The number of aromatic amines is 1. The molecule has 1 aromatic heterocycles. The Bertz CT molecular complexity index is 1310. The van der Waals surface area contributed by atoms with E-state index in [2.05, 4.69) is 18.5 Å². The van der Waals surface area contributed by atoms with Crippen molar-refractivity contribution in [1.29, 1.82) is 0 Å². The molecule has 1 aliphatic rings. The molecule has 0 amide bonds. The van der Waals surface area contributed by atoms with Crippen molar-refractivity contribution >= 4 is 22.5 Å². The summed E-state index contributed by atoms with van der Waals surface area (Å²) in [6.45, 7) is 8.88. The molecule has 0 aliphatic carbocycles. The maximum Gasteiger partial charge on any atom is 0.164 e. The first-order chi connectivity index (χ1) is 18.5. The summed E-state index contributed by atoms with van der Waals surface area (Å²) in [6, 6.07) is 20.1. The molecule has 3 aromatic carbocycles. The number of nitrogens with one attached hydrogen (secondary N) is 1. The van der Waals surface area contributed by atoms with Crippen LogP contribution in [0.2, 0.25) is 5.02 Å². The van der Waals surface area contributed by atoms with Gasteiger partial charge >= 0.3 is 0 Å². The number of halogens is 2. The molecule has 4 nitrogen and oxygen atoms in total. The Hall–Kier alpha value is -3.28. The van der Waals surface area contributed by atoms with Gasteiger partial charge in [-0.1, -0.05) is 43.2 Å². The molecule has 0 saturated carbocycles. The highest BCUT2D eigenvalue weighted by molar-refractivity contribution is 6.31. The van der Waals surface area contributed by atoms with E-state index >= 15 is 0 Å². The van der Waals surface area contributed by atoms with Gasteiger partial charge in [0.2, 0.25) is 0 Å². The lowest BCUT2D eigenvalue weighted by molar-refractivity contribution is 0.0255. The molecular weight excluding hydrogens is 501 g/mol. The average Bonchev–Trinajstić information content (AvgIpc) is 3.27. The summed E-state index contributed by atoms with van der Waals surface area (Å²) in [5.74, 6) is 1.13. The van der Waals surface area contributed by atoms with Crippen molar-refractivity contribution in [2.75, 3.05) is 13.2 Å². The highest BCUT2D eigenvalue weighted by Gasteiger charge is 2.24. The van der Waals surface area contributed by atoms with Crippen LogP contribution in [0.1, 0.15) is 56.0 Å². The number of aromatic nitrogens is 1. The van der Waals surface area contributed by atoms with Gasteiger partial charge in [0.05, 0.1) is 18.9 Å². The largest absolute Gasteiger partial charge is 0.490 e. The molecule has 1 aliphatic heterocycles. The second-order valence-corrected chi connectivity index (χ2v) is 9.75. The highest BCUT2D eigenvalue weighted by Crippen LogP contribution is 2.36. The molecule has 1 N–H and O–H groups in total. The van der Waals surface area contributed by atoms with E-state index in [1.807, 2.05) is 49.4 Å². The minimum atomic E-state index is -0.412. The molecule has 0 radical (unpaired) electrons. The predicted octanol–water partition coefficient (Wildman–Crippen LogP) is 8.83. The van der Waals surface area contributed by atoms with Crippen molar-refractivity contribution in [3.63, 3.8) is 0 Å². The van der Waals surface area contributed by atoms with Crippen molar-refractivity contribution in [3.8, 4) is 11.5 Å². The fourth-order valence-corrected chi connectivity index (χ4v) is 4.81. The minimum Gasteiger partial charge on any atom is -0.490 e. The average molecular weight is 536 g/mol. The summed E-state index contributed by atoms with van der Waals surface area (Å²) in [5.41, 5.74) is 4.15. The van der Waals surface area contributed by atoms with E-state index in [4.69, 9.17) is 25.8 Å². The van der Waals surface area contributed by atoms with Crippen molar-refractivity contribution in [2.45, 2.75) is 51.7 Å². The third-order valence-corrected chi connectivity index (χ3v) is 6.62. The van der Waals surface area contributed by atoms with Crippen LogP contribution in [-0.4, -0.2) is 24.3 Å². The van der Waals surface area contributed by atoms with Crippen molar-refractivity contribution < 1.29 is 18.6 Å². The van der Waals surface area contributed by atoms with Gasteiger partial charge < -0.3 is 19.2 Å². The number of rotatable bonds is 8. The summed E-state index contributed by atoms with van der Waals surface area (Å²) in [5, 5.41) is 1.80. The quantitative estimate of drug-likeness (QED) is 0.229. The maximum atomic E-state index is 13.6. The van der Waals surface area contributed by atoms with Gasteiger partial charge in [0.25, 0.3) is 0 Å². The van der Waals surface area contributed by atoms with E-state index in [1.165, 1.54) is 17.7 Å². The normalized spacial score (nSPS) is 14.4. The fraction of sp³-hybridized carbons (Fsp3) is 0.312. The molecule has 38 heavy (non-hydrogen) atoms. The third-order valence-electron chi connectivity index (χ3n) is 6.38. The maximum absolute atomic E-state index is 13.6. The van der Waals surface area contributed by atoms with Gasteiger partial charge in [-0.3, -0.25) is 0 Å². The second kappa shape index (κ2) is 13.5. The lowest BCUT2D eigenvalue weighted by atomic mass is 9.98. The molecule has 0 spiro atoms. The fourth-order valence-electron chi connectivity index (χ4n) is 4.63. The monoisotopic (exact) mass is 535 g/mol. The van der Waals surface area contributed by atoms with Crippen LogP contribution in [0, 0.1) is 5.82 Å². The van der Waals surface area contributed by atoms with Crippen LogP contribution >= 0.6 is 11.6 Å². The SMILES string of the molecule is C=CC.CCCc1c(C(Oc2ccc(F)cc2)c2ccc(OC3CCOCC3)cc2)[nH]c2ccc(Cl)cc12. The molecule has 5 rings (SSSR count). The lowest BCUT2D eigenvalue weighted by Crippen LogP contribution is -2.25. The zero-order chi connectivity index (χ0) is 26.9. The van der Waals surface area contributed by atoms with Crippen LogP contribution in [0.4, 0.5) is 4.39 Å². The molecule has 1 fully saturated rings. The lowest BCUT2D eigenvalue weighted by Gasteiger charge is -2.24. The number of H-pyrrole nitrogens is 1. The molecule has 200 valence electrons. The Morgan fingerprint density at radius 3 is 2.37 bits per heavy atom. The Morgan fingerprint density at radius 2 is 1.71 bits per heavy atom. The summed E-state index contributed by atoms with van der Waals surface area (Å²) in [4.78, 5) is 3.58. The molecule has 1 atom stereocenters. The number of hydrogen-bond donors (Lipinski definition) is 1. The molecule has 2 heterocycles. The molecular formula is C32H35ClFNO3. The van der Waals surface area contributed by atoms with Crippen LogP contribution in [0.15, 0.2) is 79.4 Å². The Morgan fingerprint density at radius 1 is 1.05 bits per heavy atom. The van der Waals surface area contributed by atoms with Crippen molar-refractivity contribution in [2.24, 2.45) is 0 Å². The standard InChI is InChI=1S/C29H29ClFNO3.C3H6/c1-2-3-25-26-18-20(30)6-13-27(26)32-28(25)29(35-23-11-7-21(31)8-12-23)19-4-9-22(10-5-19)34-24-14-16-33-17-15-24;1-3-2/h4-13,18,24,29,32H,2-3,14-17H2,1H3;3H,1H2,2H3. The predicted molar refractivity (Wildman–Crippen MR) is 153 cm³/mol. The molecule has 6 heteroatoms. The van der Waals surface area contributed by atoms with Gasteiger partial charge in [-0.2, -0.15) is 0 Å². The third kappa shape index (κ3) is 6.97. The van der Waals surface area contributed by atoms with Gasteiger partial charge in [-0.05, 0) is 79.1 Å². The first-order valence-corrected chi connectivity index (χ1v) is 13.5. The van der Waals surface area contributed by atoms with Gasteiger partial charge in [0.1, 0.15) is 23.4 Å². The van der Waals surface area contributed by atoms with E-state index in [-0.39, 0.29) is 11.9 Å². The van der Waals surface area contributed by atoms with Crippen LogP contribution in [0.25, 0.3) is 10.9 Å². The molecule has 0 bridgehead atoms. The minimum absolute atomic E-state index is 0.176. The first kappa shape index (κ1) is 27.7. The van der Waals surface area contributed by atoms with Gasteiger partial charge in [-0.25, -0.2) is 4.39 Å². The number of ether oxygens (including phenoxy) is 3. The van der Waals surface area contributed by atoms with Gasteiger partial charge in [-0.15, -0.1) is 6.58 Å². The molecule has 1 saturated heterocycles.